The van der Waals surface area contributed by atoms with Gasteiger partial charge < -0.3 is 20.5 Å². The van der Waals surface area contributed by atoms with Gasteiger partial charge in [0.25, 0.3) is 0 Å². The summed E-state index contributed by atoms with van der Waals surface area (Å²) >= 11 is 0. The van der Waals surface area contributed by atoms with E-state index in [0.29, 0.717) is 49.7 Å². The molecular weight excluding hydrogens is 478 g/mol. The molecule has 3 aliphatic rings. The van der Waals surface area contributed by atoms with E-state index < -0.39 is 15.8 Å². The number of hydrogen-bond acceptors (Lipinski definition) is 8. The molecule has 0 aromatic heterocycles. The minimum atomic E-state index is -3.21. The molecule has 1 aliphatic carbocycles. The van der Waals surface area contributed by atoms with Crippen molar-refractivity contribution in [3.63, 3.8) is 0 Å². The van der Waals surface area contributed by atoms with Crippen LogP contribution >= 0.6 is 0 Å². The summed E-state index contributed by atoms with van der Waals surface area (Å²) in [6, 6.07) is 14.0. The van der Waals surface area contributed by atoms with E-state index in [2.05, 4.69) is 22.8 Å². The van der Waals surface area contributed by atoms with Crippen LogP contribution in [0.2, 0.25) is 0 Å². The molecule has 2 heterocycles. The van der Waals surface area contributed by atoms with Crippen LogP contribution in [0.4, 0.5) is 5.69 Å². The second kappa shape index (κ2) is 9.24. The van der Waals surface area contributed by atoms with Crippen molar-refractivity contribution >= 4 is 21.5 Å². The normalized spacial score (nSPS) is 23.8. The van der Waals surface area contributed by atoms with Crippen LogP contribution < -0.4 is 25.8 Å². The van der Waals surface area contributed by atoms with E-state index in [-0.39, 0.29) is 10.7 Å². The van der Waals surface area contributed by atoms with E-state index in [1.54, 1.807) is 18.5 Å². The maximum absolute atomic E-state index is 12.9. The molecule has 10 heteroatoms. The number of ether oxygens (including phenoxy) is 2. The van der Waals surface area contributed by atoms with Gasteiger partial charge in [0.1, 0.15) is 5.84 Å². The average Bonchev–Trinajstić information content (AvgIpc) is 3.75. The number of sulfonamides is 1. The molecule has 4 N–H and O–H groups in total. The molecule has 0 bridgehead atoms. The van der Waals surface area contributed by atoms with Crippen LogP contribution in [0.5, 0.6) is 11.5 Å². The third kappa shape index (κ3) is 4.31. The van der Waals surface area contributed by atoms with Crippen molar-refractivity contribution in [3.05, 3.63) is 53.6 Å². The maximum Gasteiger partial charge on any atom is 0.216 e. The number of hydrogen-bond donors (Lipinski definition) is 3. The molecule has 5 rings (SSSR count). The van der Waals surface area contributed by atoms with Gasteiger partial charge in [-0.1, -0.05) is 30.3 Å². The summed E-state index contributed by atoms with van der Waals surface area (Å²) in [7, 11) is 1.84. The van der Waals surface area contributed by atoms with Crippen molar-refractivity contribution in [2.75, 3.05) is 39.7 Å². The number of fused-ring (bicyclic) bond motifs is 1. The minimum Gasteiger partial charge on any atom is -0.493 e. The van der Waals surface area contributed by atoms with Gasteiger partial charge in [0.05, 0.1) is 25.2 Å². The molecule has 1 saturated heterocycles. The van der Waals surface area contributed by atoms with E-state index in [4.69, 9.17) is 20.2 Å². The lowest BCUT2D eigenvalue weighted by Gasteiger charge is -2.47. The van der Waals surface area contributed by atoms with Crippen molar-refractivity contribution in [1.29, 1.82) is 0 Å². The Labute approximate surface area is 213 Å². The number of aliphatic imine (C=N–C) groups is 1. The number of nitrogens with one attached hydrogen (secondary N) is 2. The van der Waals surface area contributed by atoms with E-state index >= 15 is 0 Å². The van der Waals surface area contributed by atoms with Crippen molar-refractivity contribution in [2.24, 2.45) is 10.7 Å². The summed E-state index contributed by atoms with van der Waals surface area (Å²) in [5, 5.41) is 6.77. The number of benzene rings is 2. The first-order valence-electron chi connectivity index (χ1n) is 12.4. The van der Waals surface area contributed by atoms with Crippen molar-refractivity contribution < 1.29 is 17.9 Å². The number of nitrogens with two attached hydrogens (primary N) is 1. The third-order valence-electron chi connectivity index (χ3n) is 7.83. The van der Waals surface area contributed by atoms with Gasteiger partial charge in [-0.15, -0.1) is 0 Å². The lowest BCUT2D eigenvalue weighted by atomic mass is 9.69. The number of amidine groups is 1. The zero-order valence-corrected chi connectivity index (χ0v) is 21.9. The number of nitrogens with zero attached hydrogens (tertiary/aromatic N) is 2. The van der Waals surface area contributed by atoms with Crippen molar-refractivity contribution in [1.82, 2.24) is 9.62 Å². The predicted molar refractivity (Wildman–Crippen MR) is 141 cm³/mol. The second-order valence-corrected chi connectivity index (χ2v) is 12.2. The Morgan fingerprint density at radius 2 is 1.75 bits per heavy atom. The number of rotatable bonds is 8. The fraction of sp³-hybridized carbons (Fsp3) is 0.500. The lowest BCUT2D eigenvalue weighted by Crippen LogP contribution is -2.58. The Balaban J connectivity index is 1.50. The van der Waals surface area contributed by atoms with Crippen LogP contribution in [0.15, 0.2) is 47.5 Å². The van der Waals surface area contributed by atoms with Gasteiger partial charge in [-0.25, -0.2) is 17.7 Å². The Hall–Kier alpha value is -2.82. The van der Waals surface area contributed by atoms with E-state index in [0.717, 1.165) is 24.1 Å². The Kier molecular flexibility index (Phi) is 6.38. The number of anilines is 1. The van der Waals surface area contributed by atoms with Gasteiger partial charge in [0.15, 0.2) is 17.3 Å². The summed E-state index contributed by atoms with van der Waals surface area (Å²) in [6.45, 7) is 0.989. The molecule has 36 heavy (non-hydrogen) atoms. The summed E-state index contributed by atoms with van der Waals surface area (Å²) in [4.78, 5) is 4.92. The first kappa shape index (κ1) is 24.9. The van der Waals surface area contributed by atoms with Gasteiger partial charge in [-0.2, -0.15) is 0 Å². The van der Waals surface area contributed by atoms with E-state index in [1.165, 1.54) is 5.56 Å². The van der Waals surface area contributed by atoms with Gasteiger partial charge in [0, 0.05) is 36.6 Å². The Morgan fingerprint density at radius 3 is 2.33 bits per heavy atom. The zero-order chi connectivity index (χ0) is 25.6. The standard InChI is InChI=1S/C26H35N5O4S/c1-28-26(29-21-16-23(35-3)22(34-2)15-20(21)24(27)30-26)17-25(18-7-5-4-6-8-18)11-13-31(14-12-25)36(32,33)19-9-10-19/h4-8,15-16,19,28-29H,9-14,17H2,1-3H3,(H2,27,30). The van der Waals surface area contributed by atoms with Gasteiger partial charge in [0.2, 0.25) is 10.0 Å². The molecule has 1 unspecified atom stereocenters. The Bertz CT molecular complexity index is 1250. The van der Waals surface area contributed by atoms with Crippen LogP contribution in [-0.2, 0) is 15.4 Å². The monoisotopic (exact) mass is 513 g/mol. The van der Waals surface area contributed by atoms with Crippen LogP contribution in [0, 0.1) is 0 Å². The maximum atomic E-state index is 12.9. The number of methoxy groups -OCH3 is 2. The average molecular weight is 514 g/mol. The largest absolute Gasteiger partial charge is 0.493 e. The summed E-state index contributed by atoms with van der Waals surface area (Å²) in [6.07, 6.45) is 3.53. The number of piperidine rings is 1. The molecule has 194 valence electrons. The van der Waals surface area contributed by atoms with E-state index in [9.17, 15) is 8.42 Å². The van der Waals surface area contributed by atoms with Gasteiger partial charge >= 0.3 is 0 Å². The molecule has 2 fully saturated rings. The first-order valence-corrected chi connectivity index (χ1v) is 13.9. The molecule has 1 atom stereocenters. The fourth-order valence-electron chi connectivity index (χ4n) is 5.60. The second-order valence-electron chi connectivity index (χ2n) is 9.95. The molecule has 1 saturated carbocycles. The molecule has 0 spiro atoms. The topological polar surface area (TPSA) is 118 Å². The van der Waals surface area contributed by atoms with E-state index in [1.807, 2.05) is 37.4 Å². The smallest absolute Gasteiger partial charge is 0.216 e. The van der Waals surface area contributed by atoms with Crippen molar-refractivity contribution in [3.8, 4) is 11.5 Å². The predicted octanol–water partition coefficient (Wildman–Crippen LogP) is 2.62. The first-order chi connectivity index (χ1) is 17.3. The van der Waals surface area contributed by atoms with Gasteiger partial charge in [-0.05, 0) is 44.4 Å². The van der Waals surface area contributed by atoms with Gasteiger partial charge in [-0.3, -0.25) is 5.32 Å². The quantitative estimate of drug-likeness (QED) is 0.497. The molecule has 0 radical (unpaired) electrons. The van der Waals surface area contributed by atoms with Crippen LogP contribution in [0.25, 0.3) is 0 Å². The van der Waals surface area contributed by atoms with Crippen LogP contribution in [0.1, 0.15) is 43.2 Å². The Morgan fingerprint density at radius 1 is 1.11 bits per heavy atom. The highest BCUT2D eigenvalue weighted by Crippen LogP contribution is 2.46. The molecule has 2 aromatic carbocycles. The molecule has 2 aromatic rings. The molecular formula is C26H35N5O4S. The summed E-state index contributed by atoms with van der Waals surface area (Å²) < 4.78 is 38.5. The highest BCUT2D eigenvalue weighted by atomic mass is 32.2. The zero-order valence-electron chi connectivity index (χ0n) is 21.1. The highest BCUT2D eigenvalue weighted by Gasteiger charge is 2.49. The summed E-state index contributed by atoms with van der Waals surface area (Å²) in [5.74, 6) is 0.693. The van der Waals surface area contributed by atoms with Crippen LogP contribution in [0.3, 0.4) is 0 Å². The molecule has 9 nitrogen and oxygen atoms in total. The van der Waals surface area contributed by atoms with Crippen molar-refractivity contribution in [2.45, 2.75) is 48.6 Å². The molecule has 0 amide bonds. The van der Waals surface area contributed by atoms with Crippen LogP contribution in [-0.4, -0.2) is 64.0 Å². The summed E-state index contributed by atoms with van der Waals surface area (Å²) in [5.41, 5.74) is 8.93. The third-order valence-corrected chi connectivity index (χ3v) is 10.2. The SMILES string of the molecule is CNC1(CC2(c3ccccc3)CCN(S(=O)(=O)C3CC3)CC2)N=C(N)c2cc(OC)c(OC)cc2N1. The fourth-order valence-corrected chi connectivity index (χ4v) is 7.44. The lowest BCUT2D eigenvalue weighted by molar-refractivity contribution is 0.177. The highest BCUT2D eigenvalue weighted by molar-refractivity contribution is 7.90. The minimum absolute atomic E-state index is 0.196. The molecule has 2 aliphatic heterocycles.